The van der Waals surface area contributed by atoms with Crippen LogP contribution in [-0.4, -0.2) is 69.3 Å². The summed E-state index contributed by atoms with van der Waals surface area (Å²) in [6.45, 7) is 5.41. The summed E-state index contributed by atoms with van der Waals surface area (Å²) in [5, 5.41) is 0. The highest BCUT2D eigenvalue weighted by molar-refractivity contribution is 5.83. The lowest BCUT2D eigenvalue weighted by molar-refractivity contribution is -0.132. The summed E-state index contributed by atoms with van der Waals surface area (Å²) in [4.78, 5) is 17.3. The molecule has 5 heteroatoms. The van der Waals surface area contributed by atoms with Crippen molar-refractivity contribution >= 4 is 5.91 Å². The highest BCUT2D eigenvalue weighted by atomic mass is 16.5. The van der Waals surface area contributed by atoms with Crippen molar-refractivity contribution in [2.45, 2.75) is 18.8 Å². The van der Waals surface area contributed by atoms with E-state index in [-0.39, 0.29) is 5.92 Å². The molecular weight excluding hydrogens is 304 g/mol. The van der Waals surface area contributed by atoms with Gasteiger partial charge in [0, 0.05) is 39.2 Å². The van der Waals surface area contributed by atoms with Gasteiger partial charge in [0.25, 0.3) is 0 Å². The number of methoxy groups -OCH3 is 2. The van der Waals surface area contributed by atoms with Crippen LogP contribution in [0.25, 0.3) is 0 Å². The van der Waals surface area contributed by atoms with E-state index in [9.17, 15) is 4.79 Å². The van der Waals surface area contributed by atoms with Crippen LogP contribution in [0, 0.1) is 5.92 Å². The van der Waals surface area contributed by atoms with Crippen molar-refractivity contribution in [3.63, 3.8) is 0 Å². The molecule has 1 aromatic rings. The molecule has 0 aromatic heterocycles. The Hall–Kier alpha value is -1.59. The van der Waals surface area contributed by atoms with Gasteiger partial charge in [0.2, 0.25) is 5.91 Å². The van der Waals surface area contributed by atoms with Crippen molar-refractivity contribution in [1.82, 2.24) is 9.80 Å². The molecule has 2 atom stereocenters. The van der Waals surface area contributed by atoms with Gasteiger partial charge in [0.1, 0.15) is 5.75 Å². The van der Waals surface area contributed by atoms with Gasteiger partial charge in [0.05, 0.1) is 13.7 Å². The Morgan fingerprint density at radius 2 is 2.00 bits per heavy atom. The lowest BCUT2D eigenvalue weighted by atomic mass is 10.1. The van der Waals surface area contributed by atoms with Crippen molar-refractivity contribution in [1.29, 1.82) is 0 Å². The highest BCUT2D eigenvalue weighted by Crippen LogP contribution is 2.51. The van der Waals surface area contributed by atoms with Crippen molar-refractivity contribution < 1.29 is 14.3 Å². The third-order valence-electron chi connectivity index (χ3n) is 5.16. The van der Waals surface area contributed by atoms with Crippen molar-refractivity contribution in [3.05, 3.63) is 29.8 Å². The second-order valence-corrected chi connectivity index (χ2v) is 6.70. The lowest BCUT2D eigenvalue weighted by Gasteiger charge is -2.22. The van der Waals surface area contributed by atoms with Crippen LogP contribution in [0.5, 0.6) is 5.75 Å². The normalized spacial score (nSPS) is 24.5. The van der Waals surface area contributed by atoms with Crippen molar-refractivity contribution in [3.8, 4) is 5.75 Å². The molecule has 1 aromatic carbocycles. The van der Waals surface area contributed by atoms with E-state index in [0.717, 1.165) is 57.9 Å². The molecule has 2 aliphatic rings. The number of hydrogen-bond donors (Lipinski definition) is 0. The highest BCUT2D eigenvalue weighted by Gasteiger charge is 2.46. The summed E-state index contributed by atoms with van der Waals surface area (Å²) in [6, 6.07) is 8.07. The van der Waals surface area contributed by atoms with E-state index < -0.39 is 0 Å². The van der Waals surface area contributed by atoms with Crippen LogP contribution >= 0.6 is 0 Å². The molecule has 0 spiro atoms. The first kappa shape index (κ1) is 17.2. The number of carbonyl (C=O) groups is 1. The molecule has 132 valence electrons. The average molecular weight is 332 g/mol. The first-order valence-corrected chi connectivity index (χ1v) is 8.87. The van der Waals surface area contributed by atoms with Gasteiger partial charge >= 0.3 is 0 Å². The molecular formula is C19H28N2O3. The Balaban J connectivity index is 1.56. The van der Waals surface area contributed by atoms with Crippen molar-refractivity contribution in [2.24, 2.45) is 5.92 Å². The quantitative estimate of drug-likeness (QED) is 0.799. The number of para-hydroxylation sites is 1. The Labute approximate surface area is 144 Å². The van der Waals surface area contributed by atoms with Gasteiger partial charge < -0.3 is 14.4 Å². The second kappa shape index (κ2) is 7.99. The molecule has 2 fully saturated rings. The maximum atomic E-state index is 12.9. The summed E-state index contributed by atoms with van der Waals surface area (Å²) in [7, 11) is 3.43. The molecule has 1 aliphatic carbocycles. The van der Waals surface area contributed by atoms with E-state index >= 15 is 0 Å². The summed E-state index contributed by atoms with van der Waals surface area (Å²) >= 11 is 0. The maximum absolute atomic E-state index is 12.9. The van der Waals surface area contributed by atoms with Gasteiger partial charge in [-0.3, -0.25) is 9.69 Å². The lowest BCUT2D eigenvalue weighted by Crippen LogP contribution is -2.37. The number of ether oxygens (including phenoxy) is 2. The van der Waals surface area contributed by atoms with Gasteiger partial charge in [-0.15, -0.1) is 0 Å². The third-order valence-corrected chi connectivity index (χ3v) is 5.16. The Kier molecular flexibility index (Phi) is 5.74. The zero-order valence-corrected chi connectivity index (χ0v) is 14.7. The summed E-state index contributed by atoms with van der Waals surface area (Å²) in [6.07, 6.45) is 1.99. The Bertz CT molecular complexity index is 563. The van der Waals surface area contributed by atoms with E-state index in [1.54, 1.807) is 14.2 Å². The smallest absolute Gasteiger partial charge is 0.226 e. The molecule has 0 N–H and O–H groups in total. The number of hydrogen-bond acceptors (Lipinski definition) is 4. The molecule has 1 heterocycles. The third kappa shape index (κ3) is 3.90. The Morgan fingerprint density at radius 3 is 2.79 bits per heavy atom. The molecule has 1 saturated heterocycles. The minimum Gasteiger partial charge on any atom is -0.496 e. The number of amides is 1. The molecule has 3 rings (SSSR count). The number of benzene rings is 1. The molecule has 0 unspecified atom stereocenters. The van der Waals surface area contributed by atoms with Crippen LogP contribution in [0.2, 0.25) is 0 Å². The summed E-state index contributed by atoms with van der Waals surface area (Å²) < 4.78 is 10.6. The largest absolute Gasteiger partial charge is 0.496 e. The van der Waals surface area contributed by atoms with E-state index in [1.165, 1.54) is 5.56 Å². The molecule has 1 saturated carbocycles. The Morgan fingerprint density at radius 1 is 1.17 bits per heavy atom. The summed E-state index contributed by atoms with van der Waals surface area (Å²) in [5.41, 5.74) is 1.18. The molecule has 5 nitrogen and oxygen atoms in total. The number of rotatable bonds is 6. The van der Waals surface area contributed by atoms with Crippen LogP contribution in [0.4, 0.5) is 0 Å². The molecule has 24 heavy (non-hydrogen) atoms. The monoisotopic (exact) mass is 332 g/mol. The average Bonchev–Trinajstić information content (AvgIpc) is 3.43. The molecule has 0 radical (unpaired) electrons. The standard InChI is InChI=1S/C19H28N2O3/c1-23-13-12-20-8-5-9-21(11-10-20)19(22)17-14-16(17)15-6-3-4-7-18(15)24-2/h3-4,6-7,16-17H,5,8-14H2,1-2H3/t16-,17+/m0/s1. The first-order chi connectivity index (χ1) is 11.7. The zero-order chi connectivity index (χ0) is 16.9. The van der Waals surface area contributed by atoms with Crippen LogP contribution in [0.1, 0.15) is 24.3 Å². The van der Waals surface area contributed by atoms with Crippen LogP contribution in [0.15, 0.2) is 24.3 Å². The van der Waals surface area contributed by atoms with Gasteiger partial charge in [-0.1, -0.05) is 18.2 Å². The minimum atomic E-state index is 0.131. The summed E-state index contributed by atoms with van der Waals surface area (Å²) in [5.74, 6) is 1.67. The fourth-order valence-electron chi connectivity index (χ4n) is 3.65. The fourth-order valence-corrected chi connectivity index (χ4v) is 3.65. The number of carbonyl (C=O) groups excluding carboxylic acids is 1. The van der Waals surface area contributed by atoms with Crippen molar-refractivity contribution in [2.75, 3.05) is 53.6 Å². The van der Waals surface area contributed by atoms with E-state index in [4.69, 9.17) is 9.47 Å². The predicted molar refractivity (Wildman–Crippen MR) is 93.4 cm³/mol. The van der Waals surface area contributed by atoms with Gasteiger partial charge in [-0.25, -0.2) is 0 Å². The zero-order valence-electron chi connectivity index (χ0n) is 14.7. The minimum absolute atomic E-state index is 0.131. The van der Waals surface area contributed by atoms with Crippen LogP contribution in [0.3, 0.4) is 0 Å². The van der Waals surface area contributed by atoms with Gasteiger partial charge in [-0.2, -0.15) is 0 Å². The predicted octanol–water partition coefficient (Wildman–Crippen LogP) is 1.98. The van der Waals surface area contributed by atoms with E-state index in [2.05, 4.69) is 15.9 Å². The topological polar surface area (TPSA) is 42.0 Å². The first-order valence-electron chi connectivity index (χ1n) is 8.87. The fraction of sp³-hybridized carbons (Fsp3) is 0.632. The maximum Gasteiger partial charge on any atom is 0.226 e. The second-order valence-electron chi connectivity index (χ2n) is 6.70. The SMILES string of the molecule is COCCN1CCCN(C(=O)[C@@H]2C[C@H]2c2ccccc2OC)CC1. The van der Waals surface area contributed by atoms with Gasteiger partial charge in [0.15, 0.2) is 0 Å². The van der Waals surface area contributed by atoms with E-state index in [0.29, 0.717) is 11.8 Å². The molecule has 1 amide bonds. The number of nitrogens with zero attached hydrogens (tertiary/aromatic N) is 2. The molecule has 1 aliphatic heterocycles. The van der Waals surface area contributed by atoms with Gasteiger partial charge in [-0.05, 0) is 36.9 Å². The van der Waals surface area contributed by atoms with E-state index in [1.807, 2.05) is 18.2 Å². The molecule has 0 bridgehead atoms. The van der Waals surface area contributed by atoms with Crippen LogP contribution in [-0.2, 0) is 9.53 Å². The van der Waals surface area contributed by atoms with Crippen LogP contribution < -0.4 is 4.74 Å².